The first kappa shape index (κ1) is 16.7. The first-order valence-corrected chi connectivity index (χ1v) is 7.85. The van der Waals surface area contributed by atoms with Gasteiger partial charge >= 0.3 is 0 Å². The van der Waals surface area contributed by atoms with Crippen molar-refractivity contribution in [2.75, 3.05) is 13.1 Å². The van der Waals surface area contributed by atoms with Crippen LogP contribution in [0.1, 0.15) is 65.2 Å². The van der Waals surface area contributed by atoms with Crippen LogP contribution in [-0.4, -0.2) is 22.7 Å². The van der Waals surface area contributed by atoms with Gasteiger partial charge in [-0.1, -0.05) is 52.4 Å². The van der Waals surface area contributed by atoms with Crippen LogP contribution in [0.3, 0.4) is 0 Å². The molecule has 0 aromatic carbocycles. The number of nitrogens with zero attached hydrogens (tertiary/aromatic N) is 1. The standard InChI is InChI=1S/C13H29NS2/c1-3-5-7-9-11-14(13(15)16)12-10-8-6-4-2/h13,15-16H,3-12H2,1-2H3. The molecule has 0 N–H and O–H groups in total. The Kier molecular flexibility index (Phi) is 12.6. The molecule has 16 heavy (non-hydrogen) atoms. The van der Waals surface area contributed by atoms with Crippen molar-refractivity contribution in [1.82, 2.24) is 4.90 Å². The molecule has 0 radical (unpaired) electrons. The zero-order valence-electron chi connectivity index (χ0n) is 11.0. The molecule has 0 aromatic rings. The molecule has 0 fully saturated rings. The van der Waals surface area contributed by atoms with E-state index in [0.29, 0.717) is 0 Å². The smallest absolute Gasteiger partial charge is 0.0969 e. The zero-order chi connectivity index (χ0) is 12.2. The van der Waals surface area contributed by atoms with Gasteiger partial charge in [-0.3, -0.25) is 4.90 Å². The first-order chi connectivity index (χ1) is 7.72. The van der Waals surface area contributed by atoms with E-state index >= 15 is 0 Å². The van der Waals surface area contributed by atoms with Gasteiger partial charge in [-0.05, 0) is 25.9 Å². The lowest BCUT2D eigenvalue weighted by molar-refractivity contribution is 0.290. The van der Waals surface area contributed by atoms with Crippen molar-refractivity contribution in [2.24, 2.45) is 0 Å². The molecule has 0 aliphatic rings. The van der Waals surface area contributed by atoms with Crippen LogP contribution in [0.4, 0.5) is 0 Å². The third kappa shape index (κ3) is 9.86. The highest BCUT2D eigenvalue weighted by Crippen LogP contribution is 2.13. The number of hydrogen-bond acceptors (Lipinski definition) is 3. The molecule has 98 valence electrons. The topological polar surface area (TPSA) is 3.24 Å². The summed E-state index contributed by atoms with van der Waals surface area (Å²) >= 11 is 8.87. The monoisotopic (exact) mass is 263 g/mol. The van der Waals surface area contributed by atoms with Crippen molar-refractivity contribution in [3.8, 4) is 0 Å². The third-order valence-electron chi connectivity index (χ3n) is 2.92. The minimum atomic E-state index is 0.114. The van der Waals surface area contributed by atoms with Gasteiger partial charge in [0.1, 0.15) is 0 Å². The number of unbranched alkanes of at least 4 members (excludes halogenated alkanes) is 6. The van der Waals surface area contributed by atoms with Crippen LogP contribution in [0.5, 0.6) is 0 Å². The van der Waals surface area contributed by atoms with E-state index in [9.17, 15) is 0 Å². The Morgan fingerprint density at radius 2 is 1.19 bits per heavy atom. The van der Waals surface area contributed by atoms with Gasteiger partial charge in [0.2, 0.25) is 0 Å². The Morgan fingerprint density at radius 1 is 0.750 bits per heavy atom. The molecule has 1 nitrogen and oxygen atoms in total. The summed E-state index contributed by atoms with van der Waals surface area (Å²) in [5, 5.41) is 0. The molecule has 0 heterocycles. The molecular formula is C13H29NS2. The van der Waals surface area contributed by atoms with Gasteiger partial charge in [0.15, 0.2) is 0 Å². The van der Waals surface area contributed by atoms with Gasteiger partial charge in [0.25, 0.3) is 0 Å². The van der Waals surface area contributed by atoms with Crippen LogP contribution < -0.4 is 0 Å². The van der Waals surface area contributed by atoms with Crippen LogP contribution >= 0.6 is 25.3 Å². The van der Waals surface area contributed by atoms with Gasteiger partial charge in [0, 0.05) is 0 Å². The molecule has 0 amide bonds. The van der Waals surface area contributed by atoms with E-state index in [0.717, 1.165) is 13.1 Å². The molecule has 3 heteroatoms. The van der Waals surface area contributed by atoms with E-state index in [1.807, 2.05) is 0 Å². The van der Waals surface area contributed by atoms with Crippen molar-refractivity contribution >= 4 is 25.3 Å². The van der Waals surface area contributed by atoms with Crippen LogP contribution in [0.15, 0.2) is 0 Å². The van der Waals surface area contributed by atoms with Crippen LogP contribution in [-0.2, 0) is 0 Å². The van der Waals surface area contributed by atoms with E-state index in [1.54, 1.807) is 0 Å². The molecule has 0 aliphatic carbocycles. The highest BCUT2D eigenvalue weighted by atomic mass is 32.2. The maximum atomic E-state index is 4.43. The first-order valence-electron chi connectivity index (χ1n) is 6.82. The highest BCUT2D eigenvalue weighted by molar-refractivity contribution is 7.99. The van der Waals surface area contributed by atoms with E-state index < -0.39 is 0 Å². The third-order valence-corrected chi connectivity index (χ3v) is 3.58. The lowest BCUT2D eigenvalue weighted by atomic mass is 10.2. The average Bonchev–Trinajstić information content (AvgIpc) is 2.26. The van der Waals surface area contributed by atoms with Crippen molar-refractivity contribution in [3.05, 3.63) is 0 Å². The Hall–Kier alpha value is 0.660. The SMILES string of the molecule is CCCCCCN(CCCCCC)C(S)S. The van der Waals surface area contributed by atoms with Crippen LogP contribution in [0, 0.1) is 0 Å². The second-order valence-corrected chi connectivity index (χ2v) is 5.89. The summed E-state index contributed by atoms with van der Waals surface area (Å²) in [6.45, 7) is 6.82. The molecule has 0 unspecified atom stereocenters. The van der Waals surface area contributed by atoms with Gasteiger partial charge in [-0.25, -0.2) is 0 Å². The summed E-state index contributed by atoms with van der Waals surface area (Å²) in [6, 6.07) is 0. The van der Waals surface area contributed by atoms with Gasteiger partial charge in [0.05, 0.1) is 4.71 Å². The minimum Gasteiger partial charge on any atom is -0.284 e. The highest BCUT2D eigenvalue weighted by Gasteiger charge is 2.09. The zero-order valence-corrected chi connectivity index (χ0v) is 12.8. The lowest BCUT2D eigenvalue weighted by Crippen LogP contribution is -2.30. The Labute approximate surface area is 113 Å². The van der Waals surface area contributed by atoms with E-state index in [4.69, 9.17) is 0 Å². The van der Waals surface area contributed by atoms with Crippen LogP contribution in [0.25, 0.3) is 0 Å². The molecule has 0 atom stereocenters. The van der Waals surface area contributed by atoms with Gasteiger partial charge < -0.3 is 0 Å². The van der Waals surface area contributed by atoms with Crippen molar-refractivity contribution in [1.29, 1.82) is 0 Å². The van der Waals surface area contributed by atoms with Gasteiger partial charge in [-0.2, -0.15) is 0 Å². The summed E-state index contributed by atoms with van der Waals surface area (Å²) < 4.78 is 0.114. The summed E-state index contributed by atoms with van der Waals surface area (Å²) in [5.74, 6) is 0. The fourth-order valence-electron chi connectivity index (χ4n) is 1.83. The molecular weight excluding hydrogens is 234 g/mol. The molecule has 0 aliphatic heterocycles. The normalized spacial score (nSPS) is 11.6. The summed E-state index contributed by atoms with van der Waals surface area (Å²) in [7, 11) is 0. The lowest BCUT2D eigenvalue weighted by Gasteiger charge is -2.24. The molecule has 0 aromatic heterocycles. The van der Waals surface area contributed by atoms with Crippen molar-refractivity contribution in [2.45, 2.75) is 69.9 Å². The van der Waals surface area contributed by atoms with Crippen LogP contribution in [0.2, 0.25) is 0 Å². The molecule has 0 saturated carbocycles. The quantitative estimate of drug-likeness (QED) is 0.313. The number of rotatable bonds is 11. The Bertz CT molecular complexity index is 128. The fraction of sp³-hybridized carbons (Fsp3) is 1.00. The summed E-state index contributed by atoms with van der Waals surface area (Å²) in [6.07, 6.45) is 10.6. The molecule has 0 rings (SSSR count). The maximum Gasteiger partial charge on any atom is 0.0969 e. The van der Waals surface area contributed by atoms with E-state index in [-0.39, 0.29) is 4.71 Å². The van der Waals surface area contributed by atoms with Gasteiger partial charge in [-0.15, -0.1) is 25.3 Å². The second-order valence-electron chi connectivity index (χ2n) is 4.50. The summed E-state index contributed by atoms with van der Waals surface area (Å²) in [4.78, 5) is 2.39. The Balaban J connectivity index is 3.54. The van der Waals surface area contributed by atoms with Crippen molar-refractivity contribution in [3.63, 3.8) is 0 Å². The minimum absolute atomic E-state index is 0.114. The second kappa shape index (κ2) is 12.1. The fourth-order valence-corrected chi connectivity index (χ4v) is 2.29. The predicted octanol–water partition coefficient (Wildman–Crippen LogP) is 4.59. The largest absolute Gasteiger partial charge is 0.284 e. The number of hydrogen-bond donors (Lipinski definition) is 2. The molecule has 0 saturated heterocycles. The Morgan fingerprint density at radius 3 is 1.50 bits per heavy atom. The number of thiol groups is 2. The van der Waals surface area contributed by atoms with Crippen molar-refractivity contribution < 1.29 is 0 Å². The van der Waals surface area contributed by atoms with E-state index in [1.165, 1.54) is 51.4 Å². The maximum absolute atomic E-state index is 4.43. The molecule has 0 bridgehead atoms. The predicted molar refractivity (Wildman–Crippen MR) is 81.6 cm³/mol. The average molecular weight is 264 g/mol. The van der Waals surface area contributed by atoms with E-state index in [2.05, 4.69) is 44.0 Å². The summed E-state index contributed by atoms with van der Waals surface area (Å²) in [5.41, 5.74) is 0. The molecule has 0 spiro atoms.